The van der Waals surface area contributed by atoms with Gasteiger partial charge in [-0.1, -0.05) is 18.2 Å². The molecule has 1 aromatic carbocycles. The number of ether oxygens (including phenoxy) is 1. The second kappa shape index (κ2) is 8.36. The van der Waals surface area contributed by atoms with Gasteiger partial charge in [-0.3, -0.25) is 14.5 Å². The van der Waals surface area contributed by atoms with Crippen LogP contribution < -0.4 is 4.74 Å². The molecule has 0 spiro atoms. The number of likely N-dealkylation sites (N-methyl/N-ethyl adjacent to an activating group) is 1. The molecule has 1 aliphatic heterocycles. The van der Waals surface area contributed by atoms with Crippen LogP contribution in [0.5, 0.6) is 5.75 Å². The number of carboxylic acid groups (broad SMARTS) is 1. The number of aromatic nitrogens is 1. The molecule has 9 heteroatoms. The molecule has 1 N–H and O–H groups in total. The summed E-state index contributed by atoms with van der Waals surface area (Å²) in [5.41, 5.74) is 1.60. The number of aryl methyl sites for hydroxylation is 1. The largest absolute Gasteiger partial charge is 0.492 e. The van der Waals surface area contributed by atoms with Crippen molar-refractivity contribution >= 4 is 51.4 Å². The lowest BCUT2D eigenvalue weighted by molar-refractivity contribution is -0.137. The Labute approximate surface area is 164 Å². The minimum Gasteiger partial charge on any atom is -0.492 e. The molecule has 140 valence electrons. The highest BCUT2D eigenvalue weighted by Gasteiger charge is 2.30. The van der Waals surface area contributed by atoms with Gasteiger partial charge in [-0.25, -0.2) is 4.98 Å². The maximum atomic E-state index is 12.6. The lowest BCUT2D eigenvalue weighted by atomic mass is 10.2. The van der Waals surface area contributed by atoms with Gasteiger partial charge in [-0.05, 0) is 30.8 Å². The monoisotopic (exact) mass is 403 g/mol. The van der Waals surface area contributed by atoms with E-state index in [-0.39, 0.29) is 18.9 Å². The van der Waals surface area contributed by atoms with Crippen LogP contribution in [0.25, 0.3) is 6.08 Å². The van der Waals surface area contributed by atoms with Crippen molar-refractivity contribution < 1.29 is 19.4 Å². The van der Waals surface area contributed by atoms with E-state index in [1.165, 1.54) is 28.0 Å². The Bertz CT molecular complexity index is 936. The van der Waals surface area contributed by atoms with Crippen LogP contribution in [0.4, 0.5) is 5.13 Å². The van der Waals surface area contributed by atoms with Gasteiger partial charge in [-0.15, -0.1) is 11.3 Å². The fraction of sp³-hybridized carbons (Fsp3) is 0.222. The van der Waals surface area contributed by atoms with Crippen molar-refractivity contribution in [3.05, 3.63) is 45.8 Å². The Morgan fingerprint density at radius 3 is 2.89 bits per heavy atom. The van der Waals surface area contributed by atoms with Crippen LogP contribution in [0, 0.1) is 6.92 Å². The van der Waals surface area contributed by atoms with E-state index in [0.717, 1.165) is 5.69 Å². The highest BCUT2D eigenvalue weighted by Crippen LogP contribution is 2.35. The summed E-state index contributed by atoms with van der Waals surface area (Å²) >= 11 is 2.69. The number of amides is 1. The Hall–Kier alpha value is -2.65. The molecule has 1 fully saturated rings. The normalized spacial score (nSPS) is 17.1. The fourth-order valence-electron chi connectivity index (χ4n) is 2.25. The van der Waals surface area contributed by atoms with E-state index in [0.29, 0.717) is 26.5 Å². The van der Waals surface area contributed by atoms with Crippen molar-refractivity contribution in [2.75, 3.05) is 13.7 Å². The number of carboxylic acids is 1. The van der Waals surface area contributed by atoms with Crippen molar-refractivity contribution in [2.24, 2.45) is 4.99 Å². The number of hydrogen-bond acceptors (Lipinski definition) is 7. The summed E-state index contributed by atoms with van der Waals surface area (Å²) in [5, 5.41) is 11.8. The zero-order valence-corrected chi connectivity index (χ0v) is 16.3. The summed E-state index contributed by atoms with van der Waals surface area (Å²) in [4.78, 5) is 34.0. The standard InChI is InChI=1S/C18H17N3O4S2/c1-11-10-26-17(19-11)20-18-21(2)16(24)14(27-18)9-12-5-3-4-6-13(12)25-8-7-15(22)23/h3-6,9-10H,7-8H2,1-2H3,(H,22,23)/b14-9+,20-18+. The second-order valence-electron chi connectivity index (χ2n) is 5.67. The first-order valence-corrected chi connectivity index (χ1v) is 9.75. The molecule has 0 unspecified atom stereocenters. The van der Waals surface area contributed by atoms with E-state index < -0.39 is 5.97 Å². The quantitative estimate of drug-likeness (QED) is 0.742. The number of carbonyl (C=O) groups is 2. The van der Waals surface area contributed by atoms with Gasteiger partial charge < -0.3 is 9.84 Å². The van der Waals surface area contributed by atoms with Crippen LogP contribution in [0.3, 0.4) is 0 Å². The maximum Gasteiger partial charge on any atom is 0.306 e. The Morgan fingerprint density at radius 2 is 2.19 bits per heavy atom. The number of aliphatic imine (C=N–C) groups is 1. The molecule has 1 aliphatic rings. The van der Waals surface area contributed by atoms with E-state index in [9.17, 15) is 9.59 Å². The first kappa shape index (κ1) is 19.1. The second-order valence-corrected chi connectivity index (χ2v) is 7.52. The Balaban J connectivity index is 1.82. The minimum absolute atomic E-state index is 0.0621. The van der Waals surface area contributed by atoms with Gasteiger partial charge in [0, 0.05) is 18.0 Å². The number of thiazole rings is 1. The molecule has 0 atom stereocenters. The van der Waals surface area contributed by atoms with Crippen LogP contribution in [0.2, 0.25) is 0 Å². The zero-order valence-electron chi connectivity index (χ0n) is 14.7. The minimum atomic E-state index is -0.924. The molecule has 3 rings (SSSR count). The van der Waals surface area contributed by atoms with Gasteiger partial charge in [0.2, 0.25) is 5.13 Å². The van der Waals surface area contributed by atoms with Gasteiger partial charge >= 0.3 is 5.97 Å². The third-order valence-electron chi connectivity index (χ3n) is 3.58. The zero-order chi connectivity index (χ0) is 19.4. The van der Waals surface area contributed by atoms with E-state index >= 15 is 0 Å². The topological polar surface area (TPSA) is 92.1 Å². The van der Waals surface area contributed by atoms with Crippen molar-refractivity contribution in [3.8, 4) is 5.75 Å². The number of carbonyl (C=O) groups excluding carboxylic acids is 1. The first-order valence-electron chi connectivity index (χ1n) is 8.06. The predicted octanol–water partition coefficient (Wildman–Crippen LogP) is 3.54. The fourth-order valence-corrected chi connectivity index (χ4v) is 3.93. The number of hydrogen-bond donors (Lipinski definition) is 1. The van der Waals surface area contributed by atoms with E-state index in [2.05, 4.69) is 9.98 Å². The van der Waals surface area contributed by atoms with Gasteiger partial charge in [0.25, 0.3) is 5.91 Å². The van der Waals surface area contributed by atoms with Crippen LogP contribution in [0.1, 0.15) is 17.7 Å². The molecule has 0 radical (unpaired) electrons. The summed E-state index contributed by atoms with van der Waals surface area (Å²) in [7, 11) is 1.67. The molecule has 1 aromatic heterocycles. The number of thioether (sulfide) groups is 1. The Kier molecular flexibility index (Phi) is 5.92. The van der Waals surface area contributed by atoms with E-state index in [1.54, 1.807) is 25.3 Å². The number of benzene rings is 1. The van der Waals surface area contributed by atoms with Gasteiger partial charge in [-0.2, -0.15) is 4.99 Å². The molecular weight excluding hydrogens is 386 g/mol. The molecule has 1 saturated heterocycles. The number of aliphatic carboxylic acids is 1. The van der Waals surface area contributed by atoms with Crippen LogP contribution in [-0.2, 0) is 9.59 Å². The van der Waals surface area contributed by atoms with Crippen LogP contribution in [0.15, 0.2) is 39.5 Å². The van der Waals surface area contributed by atoms with E-state index in [1.807, 2.05) is 24.4 Å². The smallest absolute Gasteiger partial charge is 0.306 e. The first-order chi connectivity index (χ1) is 12.9. The molecule has 2 heterocycles. The van der Waals surface area contributed by atoms with Crippen molar-refractivity contribution in [3.63, 3.8) is 0 Å². The Morgan fingerprint density at radius 1 is 1.41 bits per heavy atom. The number of para-hydroxylation sites is 1. The summed E-state index contributed by atoms with van der Waals surface area (Å²) in [6, 6.07) is 7.19. The SMILES string of the molecule is Cc1csc(/N=C2/S/C(=C/c3ccccc3OCCC(=O)O)C(=O)N2C)n1. The molecule has 1 amide bonds. The van der Waals surface area contributed by atoms with Gasteiger partial charge in [0.1, 0.15) is 5.75 Å². The van der Waals surface area contributed by atoms with E-state index in [4.69, 9.17) is 9.84 Å². The van der Waals surface area contributed by atoms with Crippen molar-refractivity contribution in [1.29, 1.82) is 0 Å². The molecular formula is C18H17N3O4S2. The molecule has 7 nitrogen and oxygen atoms in total. The molecule has 0 aliphatic carbocycles. The molecule has 0 bridgehead atoms. The summed E-state index contributed by atoms with van der Waals surface area (Å²) < 4.78 is 5.55. The van der Waals surface area contributed by atoms with Crippen molar-refractivity contribution in [1.82, 2.24) is 9.88 Å². The predicted molar refractivity (Wildman–Crippen MR) is 106 cm³/mol. The highest BCUT2D eigenvalue weighted by atomic mass is 32.2. The average molecular weight is 403 g/mol. The maximum absolute atomic E-state index is 12.6. The molecule has 27 heavy (non-hydrogen) atoms. The summed E-state index contributed by atoms with van der Waals surface area (Å²) in [5.74, 6) is -0.553. The van der Waals surface area contributed by atoms with Crippen LogP contribution >= 0.6 is 23.1 Å². The van der Waals surface area contributed by atoms with Gasteiger partial charge in [0.05, 0.1) is 23.6 Å². The highest BCUT2D eigenvalue weighted by molar-refractivity contribution is 8.18. The lowest BCUT2D eigenvalue weighted by Gasteiger charge is -2.08. The molecule has 2 aromatic rings. The third kappa shape index (κ3) is 4.75. The third-order valence-corrected chi connectivity index (χ3v) is 5.49. The number of nitrogens with zero attached hydrogens (tertiary/aromatic N) is 3. The summed E-state index contributed by atoms with van der Waals surface area (Å²) in [6.07, 6.45) is 1.64. The number of rotatable bonds is 6. The van der Waals surface area contributed by atoms with Crippen LogP contribution in [-0.4, -0.2) is 45.7 Å². The van der Waals surface area contributed by atoms with Crippen molar-refractivity contribution in [2.45, 2.75) is 13.3 Å². The van der Waals surface area contributed by atoms with Gasteiger partial charge in [0.15, 0.2) is 5.17 Å². The number of amidine groups is 1. The summed E-state index contributed by atoms with van der Waals surface area (Å²) in [6.45, 7) is 1.95. The average Bonchev–Trinajstić information content (AvgIpc) is 3.15. The molecule has 0 saturated carbocycles. The lowest BCUT2D eigenvalue weighted by Crippen LogP contribution is -2.23.